The Morgan fingerprint density at radius 1 is 0.644 bits per heavy atom. The molecule has 2 fully saturated rings. The van der Waals surface area contributed by atoms with Crippen molar-refractivity contribution >= 4 is 35.0 Å². The topological polar surface area (TPSA) is 153 Å². The lowest BCUT2D eigenvalue weighted by molar-refractivity contribution is -0.120. The fraction of sp³-hybridized carbons (Fsp3) is 0.400. The molecule has 2 aromatic carbocycles. The second kappa shape index (κ2) is 16.3. The first kappa shape index (κ1) is 41.2. The van der Waals surface area contributed by atoms with Crippen LogP contribution in [-0.2, 0) is 33.2 Å². The molecule has 0 aliphatic carbocycles. The molecule has 0 unspecified atom stereocenters. The van der Waals surface area contributed by atoms with Crippen molar-refractivity contribution < 1.29 is 33.1 Å². The Morgan fingerprint density at radius 3 is 1.46 bits per heavy atom. The van der Waals surface area contributed by atoms with E-state index in [2.05, 4.69) is 15.6 Å². The molecule has 5 aromatic rings. The first-order chi connectivity index (χ1) is 27.9. The van der Waals surface area contributed by atoms with E-state index in [1.165, 1.54) is 0 Å². The van der Waals surface area contributed by atoms with E-state index in [9.17, 15) is 19.2 Å². The second-order valence-electron chi connectivity index (χ2n) is 17.3. The molecular weight excluding hydrogens is 751 g/mol. The summed E-state index contributed by atoms with van der Waals surface area (Å²) in [6.07, 6.45) is 5.44. The maximum Gasteiger partial charge on any atom is 0.271 e. The summed E-state index contributed by atoms with van der Waals surface area (Å²) in [4.78, 5) is 62.2. The lowest BCUT2D eigenvalue weighted by Crippen LogP contribution is -2.43. The maximum atomic E-state index is 13.7. The number of aryl methyl sites for hydroxylation is 2. The van der Waals surface area contributed by atoms with E-state index in [-0.39, 0.29) is 35.8 Å². The van der Waals surface area contributed by atoms with E-state index in [1.807, 2.05) is 65.8 Å². The van der Waals surface area contributed by atoms with Crippen LogP contribution in [0, 0.1) is 0 Å². The Hall–Kier alpha value is -5.99. The van der Waals surface area contributed by atoms with Crippen LogP contribution in [0.5, 0.6) is 0 Å². The number of hydrogen-bond acceptors (Lipinski definition) is 8. The van der Waals surface area contributed by atoms with Gasteiger partial charge in [0.15, 0.2) is 5.76 Å². The molecule has 2 aliphatic rings. The number of anilines is 2. The van der Waals surface area contributed by atoms with Gasteiger partial charge in [-0.25, -0.2) is 4.98 Å². The average molecular weight is 804 g/mol. The third kappa shape index (κ3) is 9.50. The Morgan fingerprint density at radius 2 is 1.07 bits per heavy atom. The third-order valence-electron chi connectivity index (χ3n) is 10.4. The number of amides is 4. The molecule has 310 valence electrons. The van der Waals surface area contributed by atoms with E-state index >= 15 is 0 Å². The highest BCUT2D eigenvalue weighted by atomic mass is 16.5. The molecule has 0 spiro atoms. The molecule has 0 saturated carbocycles. The summed E-state index contributed by atoms with van der Waals surface area (Å²) in [6, 6.07) is 20.1. The number of aromatic nitrogens is 3. The van der Waals surface area contributed by atoms with E-state index < -0.39 is 23.3 Å². The van der Waals surface area contributed by atoms with Crippen molar-refractivity contribution in [2.45, 2.75) is 89.9 Å². The van der Waals surface area contributed by atoms with Crippen LogP contribution in [-0.4, -0.2) is 96.1 Å². The summed E-state index contributed by atoms with van der Waals surface area (Å²) in [5.41, 5.74) is 2.75. The van der Waals surface area contributed by atoms with E-state index in [0.717, 1.165) is 5.56 Å². The van der Waals surface area contributed by atoms with Crippen LogP contribution in [0.4, 0.5) is 11.4 Å². The van der Waals surface area contributed by atoms with Crippen LogP contribution in [0.15, 0.2) is 95.8 Å². The number of nitrogens with zero attached hydrogens (tertiary/aromatic N) is 5. The zero-order chi connectivity index (χ0) is 42.2. The van der Waals surface area contributed by atoms with Gasteiger partial charge in [-0.2, -0.15) is 0 Å². The summed E-state index contributed by atoms with van der Waals surface area (Å²) in [5, 5.41) is 5.97. The number of carbonyl (C=O) groups excluding carboxylic acids is 4. The minimum atomic E-state index is -0.708. The Labute approximate surface area is 344 Å². The number of oxazole rings is 1. The summed E-state index contributed by atoms with van der Waals surface area (Å²) >= 11 is 0. The zero-order valence-corrected chi connectivity index (χ0v) is 34.9. The summed E-state index contributed by atoms with van der Waals surface area (Å²) < 4.78 is 22.0. The fourth-order valence-corrected chi connectivity index (χ4v) is 7.78. The summed E-state index contributed by atoms with van der Waals surface area (Å²) in [5.74, 6) is -0.103. The van der Waals surface area contributed by atoms with Crippen LogP contribution >= 0.6 is 0 Å². The van der Waals surface area contributed by atoms with Crippen molar-refractivity contribution in [3.05, 3.63) is 103 Å². The quantitative estimate of drug-likeness (QED) is 0.157. The minimum absolute atomic E-state index is 0.221. The van der Waals surface area contributed by atoms with E-state index in [0.29, 0.717) is 65.9 Å². The predicted molar refractivity (Wildman–Crippen MR) is 224 cm³/mol. The van der Waals surface area contributed by atoms with Crippen LogP contribution in [0.2, 0.25) is 0 Å². The maximum absolute atomic E-state index is 13.7. The highest BCUT2D eigenvalue weighted by Gasteiger charge is 2.43. The zero-order valence-electron chi connectivity index (χ0n) is 34.9. The normalized spacial score (nSPS) is 19.6. The molecule has 2 aliphatic heterocycles. The van der Waals surface area contributed by atoms with Crippen LogP contribution in [0.1, 0.15) is 75.4 Å². The number of benzene rings is 2. The second-order valence-corrected chi connectivity index (χ2v) is 17.3. The smallest absolute Gasteiger partial charge is 0.271 e. The van der Waals surface area contributed by atoms with Gasteiger partial charge < -0.3 is 43.5 Å². The molecule has 4 amide bonds. The monoisotopic (exact) mass is 803 g/mol. The van der Waals surface area contributed by atoms with Crippen molar-refractivity contribution in [1.82, 2.24) is 23.9 Å². The van der Waals surface area contributed by atoms with Gasteiger partial charge in [0.1, 0.15) is 23.5 Å². The van der Waals surface area contributed by atoms with Crippen LogP contribution < -0.4 is 10.6 Å². The van der Waals surface area contributed by atoms with Crippen molar-refractivity contribution in [2.24, 2.45) is 14.1 Å². The number of ether oxygens (including phenoxy) is 2. The van der Waals surface area contributed by atoms with Gasteiger partial charge in [0.25, 0.3) is 11.8 Å². The molecule has 2 saturated heterocycles. The predicted octanol–water partition coefficient (Wildman–Crippen LogP) is 6.76. The number of hydrogen-bond donors (Lipinski definition) is 2. The third-order valence-corrected chi connectivity index (χ3v) is 10.4. The molecule has 4 atom stereocenters. The number of nitrogens with one attached hydrogen (secondary N) is 2. The molecule has 2 N–H and O–H groups in total. The highest BCUT2D eigenvalue weighted by Crippen LogP contribution is 2.31. The lowest BCUT2D eigenvalue weighted by atomic mass is 10.1. The van der Waals surface area contributed by atoms with Crippen molar-refractivity contribution in [1.29, 1.82) is 0 Å². The Kier molecular flexibility index (Phi) is 11.4. The van der Waals surface area contributed by atoms with Crippen molar-refractivity contribution in [3.8, 4) is 22.8 Å². The molecule has 5 heterocycles. The van der Waals surface area contributed by atoms with Gasteiger partial charge in [0.2, 0.25) is 17.7 Å². The standard InChI is InChI=1S/C45H53N7O7/c1-44(2,3)58-32-23-36(51(26-32)42(55)34-11-9-21-49(34)7)39(53)47-30-17-13-28(14-18-30)38-25-46-41(57-38)29-15-19-31(20-16-29)48-40(54)37-24-33(59-45(4,5)6)27-52(37)43(56)35-12-10-22-50(35)8/h9-22,25,32-33,36-37H,23-24,26-27H2,1-8H3,(H,47,53)(H,48,54)/t32-,33-,36+,37+/m1/s1. The molecular formula is C45H53N7O7. The molecule has 14 heteroatoms. The Balaban J connectivity index is 0.985. The van der Waals surface area contributed by atoms with Gasteiger partial charge in [-0.05, 0) is 114 Å². The number of likely N-dealkylation sites (tertiary alicyclic amines) is 2. The minimum Gasteiger partial charge on any atom is -0.436 e. The Bertz CT molecular complexity index is 2150. The first-order valence-corrected chi connectivity index (χ1v) is 19.9. The van der Waals surface area contributed by atoms with Gasteiger partial charge in [-0.1, -0.05) is 0 Å². The average Bonchev–Trinajstić information content (AvgIpc) is 4.02. The number of carbonyl (C=O) groups is 4. The largest absolute Gasteiger partial charge is 0.436 e. The highest BCUT2D eigenvalue weighted by molar-refractivity contribution is 6.02. The number of rotatable bonds is 10. The SMILES string of the molecule is Cn1cccc1C(=O)N1C[C@H](OC(C)(C)C)C[C@H]1C(=O)Nc1ccc(-c2cnc(-c3ccc(NC(=O)[C@@H]4C[C@@H](OC(C)(C)C)CN4C(=O)c4cccn4C)cc3)o2)cc1. The molecule has 7 rings (SSSR count). The van der Waals surface area contributed by atoms with Crippen molar-refractivity contribution in [2.75, 3.05) is 23.7 Å². The molecule has 3 aromatic heterocycles. The van der Waals surface area contributed by atoms with Gasteiger partial charge in [-0.15, -0.1) is 0 Å². The fourth-order valence-electron chi connectivity index (χ4n) is 7.78. The molecule has 14 nitrogen and oxygen atoms in total. The summed E-state index contributed by atoms with van der Waals surface area (Å²) in [7, 11) is 3.61. The molecule has 0 bridgehead atoms. The van der Waals surface area contributed by atoms with Gasteiger partial charge in [-0.3, -0.25) is 19.2 Å². The molecule has 59 heavy (non-hydrogen) atoms. The van der Waals surface area contributed by atoms with E-state index in [1.54, 1.807) is 100 Å². The van der Waals surface area contributed by atoms with E-state index in [4.69, 9.17) is 13.9 Å². The summed E-state index contributed by atoms with van der Waals surface area (Å²) in [6.45, 7) is 12.4. The van der Waals surface area contributed by atoms with Crippen LogP contribution in [0.25, 0.3) is 22.8 Å². The van der Waals surface area contributed by atoms with Gasteiger partial charge in [0, 0.05) is 74.9 Å². The van der Waals surface area contributed by atoms with Crippen molar-refractivity contribution in [3.63, 3.8) is 0 Å². The van der Waals surface area contributed by atoms with Gasteiger partial charge in [0.05, 0.1) is 29.6 Å². The first-order valence-electron chi connectivity index (χ1n) is 19.9. The molecule has 0 radical (unpaired) electrons. The van der Waals surface area contributed by atoms with Gasteiger partial charge >= 0.3 is 0 Å². The lowest BCUT2D eigenvalue weighted by Gasteiger charge is -2.25. The van der Waals surface area contributed by atoms with Crippen LogP contribution in [0.3, 0.4) is 0 Å².